The van der Waals surface area contributed by atoms with Crippen molar-refractivity contribution in [1.82, 2.24) is 15.5 Å². The number of allylic oxidation sites excluding steroid dienone is 1. The molecular weight excluding hydrogens is 264 g/mol. The van der Waals surface area contributed by atoms with Gasteiger partial charge in [0.25, 0.3) is 5.91 Å². The molecule has 2 rings (SSSR count). The van der Waals surface area contributed by atoms with E-state index in [0.29, 0.717) is 11.5 Å². The zero-order valence-corrected chi connectivity index (χ0v) is 12.9. The minimum Gasteiger partial charge on any atom is -0.368 e. The lowest BCUT2D eigenvalue weighted by atomic mass is 9.97. The molecule has 1 amide bonds. The lowest BCUT2D eigenvalue weighted by Crippen LogP contribution is -2.30. The fourth-order valence-electron chi connectivity index (χ4n) is 2.37. The molecule has 0 saturated carbocycles. The molecule has 1 aliphatic carbocycles. The molecule has 1 heterocycles. The van der Waals surface area contributed by atoms with Crippen LogP contribution in [-0.2, 0) is 0 Å². The highest BCUT2D eigenvalue weighted by atomic mass is 16.1. The number of carbonyl (C=O) groups is 1. The third-order valence-corrected chi connectivity index (χ3v) is 3.45. The Morgan fingerprint density at radius 1 is 1.29 bits per heavy atom. The van der Waals surface area contributed by atoms with Crippen LogP contribution in [0.2, 0.25) is 0 Å². The van der Waals surface area contributed by atoms with Crippen LogP contribution in [0.25, 0.3) is 0 Å². The highest BCUT2D eigenvalue weighted by Crippen LogP contribution is 2.19. The van der Waals surface area contributed by atoms with Crippen LogP contribution in [0.5, 0.6) is 0 Å². The van der Waals surface area contributed by atoms with Gasteiger partial charge in [-0.2, -0.15) is 0 Å². The molecule has 0 aromatic carbocycles. The number of amides is 1. The molecule has 114 valence electrons. The second kappa shape index (κ2) is 7.76. The van der Waals surface area contributed by atoms with E-state index in [2.05, 4.69) is 26.9 Å². The minimum atomic E-state index is -0.184. The molecule has 5 nitrogen and oxygen atoms in total. The van der Waals surface area contributed by atoms with Gasteiger partial charge in [0.05, 0.1) is 0 Å². The third-order valence-electron chi connectivity index (χ3n) is 3.45. The van der Waals surface area contributed by atoms with Crippen molar-refractivity contribution in [3.63, 3.8) is 0 Å². The number of hydrogen-bond acceptors (Lipinski definition) is 4. The van der Waals surface area contributed by atoms with E-state index in [0.717, 1.165) is 13.0 Å². The van der Waals surface area contributed by atoms with E-state index in [1.54, 1.807) is 12.1 Å². The second-order valence-corrected chi connectivity index (χ2v) is 5.72. The van der Waals surface area contributed by atoms with Crippen molar-refractivity contribution in [2.45, 2.75) is 52.0 Å². The summed E-state index contributed by atoms with van der Waals surface area (Å²) in [5, 5.41) is 14.1. The van der Waals surface area contributed by atoms with Crippen molar-refractivity contribution < 1.29 is 4.79 Å². The Labute approximate surface area is 126 Å². The Hall–Kier alpha value is -1.91. The Morgan fingerprint density at radius 3 is 2.76 bits per heavy atom. The normalized spacial score (nSPS) is 14.7. The lowest BCUT2D eigenvalue weighted by molar-refractivity contribution is 0.0937. The molecule has 1 aromatic heterocycles. The van der Waals surface area contributed by atoms with Gasteiger partial charge in [0.1, 0.15) is 5.82 Å². The molecule has 1 aromatic rings. The summed E-state index contributed by atoms with van der Waals surface area (Å²) in [4.78, 5) is 11.7. The number of nitrogens with zero attached hydrogens (tertiary/aromatic N) is 2. The summed E-state index contributed by atoms with van der Waals surface area (Å²) in [6, 6.07) is 3.60. The largest absolute Gasteiger partial charge is 0.368 e. The Kier molecular flexibility index (Phi) is 5.72. The first-order valence-electron chi connectivity index (χ1n) is 7.71. The minimum absolute atomic E-state index is 0.0980. The first-order valence-corrected chi connectivity index (χ1v) is 7.71. The van der Waals surface area contributed by atoms with Crippen LogP contribution in [0.1, 0.15) is 56.4 Å². The monoisotopic (exact) mass is 288 g/mol. The number of anilines is 1. The van der Waals surface area contributed by atoms with Gasteiger partial charge in [-0.3, -0.25) is 4.79 Å². The summed E-state index contributed by atoms with van der Waals surface area (Å²) >= 11 is 0. The molecule has 0 atom stereocenters. The smallest absolute Gasteiger partial charge is 0.271 e. The Bertz CT molecular complexity index is 494. The van der Waals surface area contributed by atoms with Crippen LogP contribution in [0.15, 0.2) is 23.8 Å². The standard InChI is InChI=1S/C16H24N4O/c1-12(2)18-16(21)14-8-9-15(20-19-14)17-11-10-13-6-4-3-5-7-13/h6,8-9,12H,3-5,7,10-11H2,1-2H3,(H,17,20)(H,18,21). The lowest BCUT2D eigenvalue weighted by Gasteiger charge is -2.13. The quantitative estimate of drug-likeness (QED) is 0.790. The zero-order valence-electron chi connectivity index (χ0n) is 12.9. The van der Waals surface area contributed by atoms with E-state index in [1.807, 2.05) is 13.8 Å². The van der Waals surface area contributed by atoms with Gasteiger partial charge in [-0.15, -0.1) is 10.2 Å². The van der Waals surface area contributed by atoms with Gasteiger partial charge >= 0.3 is 0 Å². The molecule has 0 fully saturated rings. The molecule has 0 bridgehead atoms. The number of aromatic nitrogens is 2. The summed E-state index contributed by atoms with van der Waals surface area (Å²) in [5.74, 6) is 0.531. The van der Waals surface area contributed by atoms with Gasteiger partial charge in [-0.05, 0) is 58.1 Å². The van der Waals surface area contributed by atoms with E-state index >= 15 is 0 Å². The molecule has 21 heavy (non-hydrogen) atoms. The molecule has 1 aliphatic rings. The van der Waals surface area contributed by atoms with Gasteiger partial charge < -0.3 is 10.6 Å². The van der Waals surface area contributed by atoms with Gasteiger partial charge in [0.15, 0.2) is 5.69 Å². The van der Waals surface area contributed by atoms with Gasteiger partial charge in [0.2, 0.25) is 0 Å². The van der Waals surface area contributed by atoms with Gasteiger partial charge in [-0.1, -0.05) is 11.6 Å². The van der Waals surface area contributed by atoms with E-state index in [1.165, 1.54) is 31.3 Å². The van der Waals surface area contributed by atoms with E-state index < -0.39 is 0 Å². The average molecular weight is 288 g/mol. The number of rotatable bonds is 6. The molecule has 5 heteroatoms. The summed E-state index contributed by atoms with van der Waals surface area (Å²) in [6.45, 7) is 4.69. The molecule has 0 radical (unpaired) electrons. The molecule has 0 saturated heterocycles. The van der Waals surface area contributed by atoms with Gasteiger partial charge in [-0.25, -0.2) is 0 Å². The van der Waals surface area contributed by atoms with Crippen molar-refractivity contribution >= 4 is 11.7 Å². The van der Waals surface area contributed by atoms with Crippen molar-refractivity contribution in [2.24, 2.45) is 0 Å². The highest BCUT2D eigenvalue weighted by molar-refractivity contribution is 5.92. The molecule has 0 unspecified atom stereocenters. The van der Waals surface area contributed by atoms with Crippen LogP contribution in [-0.4, -0.2) is 28.7 Å². The van der Waals surface area contributed by atoms with Crippen LogP contribution in [0.3, 0.4) is 0 Å². The van der Waals surface area contributed by atoms with Crippen LogP contribution >= 0.6 is 0 Å². The third kappa shape index (κ3) is 5.17. The van der Waals surface area contributed by atoms with Crippen molar-refractivity contribution in [1.29, 1.82) is 0 Å². The molecule has 2 N–H and O–H groups in total. The highest BCUT2D eigenvalue weighted by Gasteiger charge is 2.09. The number of nitrogens with one attached hydrogen (secondary N) is 2. The summed E-state index contributed by atoms with van der Waals surface area (Å²) in [6.07, 6.45) is 8.48. The van der Waals surface area contributed by atoms with Crippen LogP contribution in [0.4, 0.5) is 5.82 Å². The Morgan fingerprint density at radius 2 is 2.14 bits per heavy atom. The summed E-state index contributed by atoms with van der Waals surface area (Å²) < 4.78 is 0. The van der Waals surface area contributed by atoms with Gasteiger partial charge in [0, 0.05) is 12.6 Å². The molecule has 0 aliphatic heterocycles. The van der Waals surface area contributed by atoms with Crippen molar-refractivity contribution in [2.75, 3.05) is 11.9 Å². The summed E-state index contributed by atoms with van der Waals surface area (Å²) in [7, 11) is 0. The first-order chi connectivity index (χ1) is 10.1. The van der Waals surface area contributed by atoms with E-state index in [4.69, 9.17) is 0 Å². The fourth-order valence-corrected chi connectivity index (χ4v) is 2.37. The van der Waals surface area contributed by atoms with Crippen LogP contribution in [0, 0.1) is 0 Å². The SMILES string of the molecule is CC(C)NC(=O)c1ccc(NCCC2=CCCCC2)nn1. The maximum atomic E-state index is 11.7. The fraction of sp³-hybridized carbons (Fsp3) is 0.562. The second-order valence-electron chi connectivity index (χ2n) is 5.72. The Balaban J connectivity index is 1.79. The molecule has 0 spiro atoms. The predicted molar refractivity (Wildman–Crippen MR) is 84.3 cm³/mol. The average Bonchev–Trinajstić information content (AvgIpc) is 2.48. The van der Waals surface area contributed by atoms with E-state index in [-0.39, 0.29) is 11.9 Å². The predicted octanol–water partition coefficient (Wildman–Crippen LogP) is 2.92. The summed E-state index contributed by atoms with van der Waals surface area (Å²) in [5.41, 5.74) is 1.89. The van der Waals surface area contributed by atoms with Crippen molar-refractivity contribution in [3.8, 4) is 0 Å². The van der Waals surface area contributed by atoms with E-state index in [9.17, 15) is 4.79 Å². The van der Waals surface area contributed by atoms with Crippen molar-refractivity contribution in [3.05, 3.63) is 29.5 Å². The number of carbonyl (C=O) groups excluding carboxylic acids is 1. The first kappa shape index (κ1) is 15.5. The maximum Gasteiger partial charge on any atom is 0.271 e. The maximum absolute atomic E-state index is 11.7. The van der Waals surface area contributed by atoms with Crippen LogP contribution < -0.4 is 10.6 Å². The number of hydrogen-bond donors (Lipinski definition) is 2. The molecular formula is C16H24N4O. The topological polar surface area (TPSA) is 66.9 Å². The zero-order chi connectivity index (χ0) is 15.1.